The number of aryl methyl sites for hydroxylation is 2. The molecule has 1 rings (SSSR count). The molecule has 72 valence electrons. The number of hydrogen-bond acceptors (Lipinski definition) is 2. The van der Waals surface area contributed by atoms with Crippen LogP contribution in [0.15, 0.2) is 6.20 Å². The summed E-state index contributed by atoms with van der Waals surface area (Å²) in [5.41, 5.74) is 7.98. The van der Waals surface area contributed by atoms with Gasteiger partial charge < -0.3 is 5.73 Å². The molecule has 0 atom stereocenters. The summed E-state index contributed by atoms with van der Waals surface area (Å²) in [4.78, 5) is 4.26. The van der Waals surface area contributed by atoms with Crippen molar-refractivity contribution in [3.63, 3.8) is 0 Å². The van der Waals surface area contributed by atoms with Crippen LogP contribution in [0.4, 0.5) is 5.82 Å². The number of nitrogens with zero attached hydrogens (tertiary/aromatic N) is 2. The number of hydrogen-bond donors (Lipinski definition) is 1. The molecule has 3 nitrogen and oxygen atoms in total. The van der Waals surface area contributed by atoms with Crippen LogP contribution in [0.2, 0.25) is 0 Å². The molecular formula is C10H18N3+. The zero-order chi connectivity index (χ0) is 10.2. The van der Waals surface area contributed by atoms with E-state index in [4.69, 9.17) is 5.73 Å². The largest absolute Gasteiger partial charge is 0.379 e. The van der Waals surface area contributed by atoms with Gasteiger partial charge in [0, 0.05) is 5.41 Å². The summed E-state index contributed by atoms with van der Waals surface area (Å²) in [6.07, 6.45) is 1.85. The average molecular weight is 180 g/mol. The molecule has 0 radical (unpaired) electrons. The lowest BCUT2D eigenvalue weighted by Gasteiger charge is -2.17. The number of nitrogen functional groups attached to an aromatic ring is 1. The molecule has 0 aliphatic heterocycles. The third kappa shape index (κ3) is 1.97. The molecule has 0 bridgehead atoms. The highest BCUT2D eigenvalue weighted by Crippen LogP contribution is 2.20. The van der Waals surface area contributed by atoms with E-state index in [2.05, 4.69) is 30.3 Å². The van der Waals surface area contributed by atoms with Gasteiger partial charge >= 0.3 is 0 Å². The molecule has 0 aromatic carbocycles. The summed E-state index contributed by atoms with van der Waals surface area (Å²) in [5.74, 6) is 0.577. The van der Waals surface area contributed by atoms with E-state index < -0.39 is 0 Å². The molecule has 1 heterocycles. The van der Waals surface area contributed by atoms with Crippen molar-refractivity contribution in [3.8, 4) is 0 Å². The van der Waals surface area contributed by atoms with Gasteiger partial charge in [-0.3, -0.25) is 0 Å². The lowest BCUT2D eigenvalue weighted by molar-refractivity contribution is -0.682. The molecule has 2 N–H and O–H groups in total. The van der Waals surface area contributed by atoms with Gasteiger partial charge in [0.1, 0.15) is 12.7 Å². The first-order chi connectivity index (χ1) is 5.82. The van der Waals surface area contributed by atoms with E-state index in [0.717, 1.165) is 5.69 Å². The van der Waals surface area contributed by atoms with Crippen LogP contribution in [-0.4, -0.2) is 4.98 Å². The van der Waals surface area contributed by atoms with Crippen molar-refractivity contribution in [3.05, 3.63) is 17.6 Å². The summed E-state index contributed by atoms with van der Waals surface area (Å²) in [7, 11) is 2.01. The average Bonchev–Trinajstić information content (AvgIpc) is 1.78. The Bertz CT molecular complexity index is 300. The maximum Gasteiger partial charge on any atom is 0.211 e. The first kappa shape index (κ1) is 9.96. The monoisotopic (exact) mass is 180 g/mol. The van der Waals surface area contributed by atoms with Crippen molar-refractivity contribution in [2.45, 2.75) is 33.1 Å². The number of anilines is 1. The molecule has 1 aromatic rings. The van der Waals surface area contributed by atoms with Crippen LogP contribution in [-0.2, 0) is 12.5 Å². The summed E-state index contributed by atoms with van der Waals surface area (Å²) in [6.45, 7) is 8.52. The van der Waals surface area contributed by atoms with Crippen molar-refractivity contribution in [2.24, 2.45) is 7.05 Å². The van der Waals surface area contributed by atoms with E-state index in [-0.39, 0.29) is 5.41 Å². The van der Waals surface area contributed by atoms with Crippen molar-refractivity contribution in [1.29, 1.82) is 0 Å². The Hall–Kier alpha value is -1.12. The van der Waals surface area contributed by atoms with Crippen LogP contribution in [0.1, 0.15) is 32.2 Å². The molecule has 0 spiro atoms. The van der Waals surface area contributed by atoms with Crippen LogP contribution in [0.25, 0.3) is 0 Å². The highest BCUT2D eigenvalue weighted by atomic mass is 15.0. The Morgan fingerprint density at radius 3 is 2.31 bits per heavy atom. The second-order valence-electron chi connectivity index (χ2n) is 4.46. The van der Waals surface area contributed by atoms with Crippen LogP contribution in [0, 0.1) is 6.92 Å². The van der Waals surface area contributed by atoms with Crippen LogP contribution < -0.4 is 10.3 Å². The second-order valence-corrected chi connectivity index (χ2v) is 4.46. The maximum atomic E-state index is 5.64. The minimum Gasteiger partial charge on any atom is -0.379 e. The standard InChI is InChI=1S/C10H18N3/c1-7-9(10(2,3)4)13(5)6-8(11)12-7/h6H,1-5H3,(H2,11,12)/q+1. The summed E-state index contributed by atoms with van der Waals surface area (Å²) < 4.78 is 2.05. The van der Waals surface area contributed by atoms with Gasteiger partial charge in [-0.15, -0.1) is 0 Å². The SMILES string of the molecule is Cc1nc(N)c[n+](C)c1C(C)(C)C. The normalized spacial score (nSPS) is 11.8. The van der Waals surface area contributed by atoms with Crippen molar-refractivity contribution in [2.75, 3.05) is 5.73 Å². The lowest BCUT2D eigenvalue weighted by atomic mass is 9.90. The Morgan fingerprint density at radius 1 is 1.38 bits per heavy atom. The van der Waals surface area contributed by atoms with E-state index in [1.165, 1.54) is 5.69 Å². The van der Waals surface area contributed by atoms with Crippen molar-refractivity contribution >= 4 is 5.82 Å². The summed E-state index contributed by atoms with van der Waals surface area (Å²) in [6, 6.07) is 0. The number of aromatic nitrogens is 2. The quantitative estimate of drug-likeness (QED) is 0.607. The molecule has 0 aliphatic carbocycles. The third-order valence-electron chi connectivity index (χ3n) is 2.03. The predicted octanol–water partition coefficient (Wildman–Crippen LogP) is 1.09. The first-order valence-electron chi connectivity index (χ1n) is 4.45. The van der Waals surface area contributed by atoms with E-state index in [9.17, 15) is 0 Å². The van der Waals surface area contributed by atoms with Gasteiger partial charge in [0.25, 0.3) is 0 Å². The summed E-state index contributed by atoms with van der Waals surface area (Å²) in [5, 5.41) is 0. The highest BCUT2D eigenvalue weighted by molar-refractivity contribution is 5.25. The molecule has 0 aliphatic rings. The van der Waals surface area contributed by atoms with Crippen LogP contribution in [0.3, 0.4) is 0 Å². The van der Waals surface area contributed by atoms with Gasteiger partial charge in [-0.25, -0.2) is 4.98 Å². The zero-order valence-electron chi connectivity index (χ0n) is 9.05. The minimum absolute atomic E-state index is 0.111. The smallest absolute Gasteiger partial charge is 0.211 e. The van der Waals surface area contributed by atoms with E-state index >= 15 is 0 Å². The highest BCUT2D eigenvalue weighted by Gasteiger charge is 2.27. The van der Waals surface area contributed by atoms with Crippen LogP contribution >= 0.6 is 0 Å². The molecule has 13 heavy (non-hydrogen) atoms. The van der Waals surface area contributed by atoms with Gasteiger partial charge in [0.05, 0.1) is 0 Å². The predicted molar refractivity (Wildman–Crippen MR) is 53.3 cm³/mol. The van der Waals surface area contributed by atoms with E-state index in [0.29, 0.717) is 5.82 Å². The van der Waals surface area contributed by atoms with Gasteiger partial charge in [-0.05, 0) is 6.92 Å². The zero-order valence-corrected chi connectivity index (χ0v) is 9.05. The van der Waals surface area contributed by atoms with E-state index in [1.54, 1.807) is 0 Å². The molecule has 0 saturated carbocycles. The Balaban J connectivity index is 3.38. The topological polar surface area (TPSA) is 42.8 Å². The summed E-state index contributed by atoms with van der Waals surface area (Å²) >= 11 is 0. The molecule has 0 saturated heterocycles. The maximum absolute atomic E-state index is 5.64. The van der Waals surface area contributed by atoms with E-state index in [1.807, 2.05) is 20.2 Å². The molecule has 3 heteroatoms. The fourth-order valence-electron chi connectivity index (χ4n) is 1.87. The first-order valence-corrected chi connectivity index (χ1v) is 4.45. The molecule has 1 aromatic heterocycles. The fraction of sp³-hybridized carbons (Fsp3) is 0.600. The van der Waals surface area contributed by atoms with Crippen molar-refractivity contribution < 1.29 is 4.57 Å². The number of nitrogens with two attached hydrogens (primary N) is 1. The molecule has 0 amide bonds. The molecule has 0 unspecified atom stereocenters. The second kappa shape index (κ2) is 2.98. The molecule has 0 fully saturated rings. The Labute approximate surface area is 79.6 Å². The van der Waals surface area contributed by atoms with Gasteiger partial charge in [0.15, 0.2) is 5.82 Å². The van der Waals surface area contributed by atoms with Crippen molar-refractivity contribution in [1.82, 2.24) is 4.98 Å². The fourth-order valence-corrected chi connectivity index (χ4v) is 1.87. The Kier molecular flexibility index (Phi) is 2.28. The van der Waals surface area contributed by atoms with Gasteiger partial charge in [0.2, 0.25) is 11.9 Å². The lowest BCUT2D eigenvalue weighted by Crippen LogP contribution is -2.41. The minimum atomic E-state index is 0.111. The Morgan fingerprint density at radius 2 is 1.92 bits per heavy atom. The molecular weight excluding hydrogens is 162 g/mol. The third-order valence-corrected chi connectivity index (χ3v) is 2.03. The van der Waals surface area contributed by atoms with Gasteiger partial charge in [-0.1, -0.05) is 20.8 Å². The van der Waals surface area contributed by atoms with Gasteiger partial charge in [-0.2, -0.15) is 4.57 Å². The number of rotatable bonds is 0. The van der Waals surface area contributed by atoms with Crippen LogP contribution in [0.5, 0.6) is 0 Å².